The maximum Gasteiger partial charge on any atom is 0.264 e. The van der Waals surface area contributed by atoms with Crippen LogP contribution in [0.2, 0.25) is 0 Å². The normalized spacial score (nSPS) is 17.5. The summed E-state index contributed by atoms with van der Waals surface area (Å²) in [6.07, 6.45) is 3.24. The lowest BCUT2D eigenvalue weighted by Gasteiger charge is -2.22. The first-order valence-electron chi connectivity index (χ1n) is 9.30. The van der Waals surface area contributed by atoms with Crippen molar-refractivity contribution in [3.05, 3.63) is 71.2 Å². The van der Waals surface area contributed by atoms with Crippen LogP contribution in [0, 0.1) is 0 Å². The number of benzene rings is 2. The number of methoxy groups -OCH3 is 1. The van der Waals surface area contributed by atoms with E-state index in [9.17, 15) is 4.79 Å². The van der Waals surface area contributed by atoms with Gasteiger partial charge in [0.25, 0.3) is 5.91 Å². The van der Waals surface area contributed by atoms with Crippen molar-refractivity contribution in [3.8, 4) is 5.75 Å². The Hall–Kier alpha value is -3.52. The molecule has 2 heterocycles. The summed E-state index contributed by atoms with van der Waals surface area (Å²) in [6.45, 7) is 0. The molecule has 1 aliphatic heterocycles. The van der Waals surface area contributed by atoms with Gasteiger partial charge in [-0.1, -0.05) is 24.3 Å². The summed E-state index contributed by atoms with van der Waals surface area (Å²) in [5.41, 5.74) is 1.27. The zero-order valence-electron chi connectivity index (χ0n) is 16.9. The Morgan fingerprint density at radius 2 is 1.97 bits per heavy atom. The third kappa shape index (κ3) is 3.69. The van der Waals surface area contributed by atoms with Crippen molar-refractivity contribution in [2.24, 2.45) is 9.98 Å². The Bertz CT molecular complexity index is 1110. The second-order valence-electron chi connectivity index (χ2n) is 6.92. The topological polar surface area (TPSA) is 79.2 Å². The molecule has 1 atom stereocenters. The first-order chi connectivity index (χ1) is 14.5. The van der Waals surface area contributed by atoms with Gasteiger partial charge in [0, 0.05) is 43.1 Å². The molecule has 0 saturated heterocycles. The SMILES string of the molecule is COc1ccc(C2(C(=O)Nc3nccs3)C=NC(c3cccc(N(C)C)c3)=N2)cc1. The molecule has 0 radical (unpaired) electrons. The molecule has 0 spiro atoms. The molecule has 0 bridgehead atoms. The maximum absolute atomic E-state index is 13.4. The highest BCUT2D eigenvalue weighted by Crippen LogP contribution is 2.33. The molecule has 0 fully saturated rings. The van der Waals surface area contributed by atoms with Gasteiger partial charge in [0.1, 0.15) is 5.75 Å². The quantitative estimate of drug-likeness (QED) is 0.662. The highest BCUT2D eigenvalue weighted by Gasteiger charge is 2.42. The number of nitrogens with zero attached hydrogens (tertiary/aromatic N) is 4. The minimum Gasteiger partial charge on any atom is -0.497 e. The minimum atomic E-state index is -1.29. The van der Waals surface area contributed by atoms with Gasteiger partial charge in [-0.05, 0) is 29.8 Å². The Morgan fingerprint density at radius 1 is 1.17 bits per heavy atom. The number of carbonyl (C=O) groups excluding carboxylic acids is 1. The van der Waals surface area contributed by atoms with E-state index >= 15 is 0 Å². The zero-order valence-corrected chi connectivity index (χ0v) is 17.7. The van der Waals surface area contributed by atoms with Crippen molar-refractivity contribution < 1.29 is 9.53 Å². The molecule has 4 rings (SSSR count). The van der Waals surface area contributed by atoms with Gasteiger partial charge in [0.05, 0.1) is 7.11 Å². The molecule has 1 aromatic heterocycles. The Morgan fingerprint density at radius 3 is 2.63 bits per heavy atom. The average molecular weight is 420 g/mol. The summed E-state index contributed by atoms with van der Waals surface area (Å²) in [6, 6.07) is 15.2. The molecule has 1 aliphatic rings. The van der Waals surface area contributed by atoms with Crippen LogP contribution in [0.4, 0.5) is 10.8 Å². The smallest absolute Gasteiger partial charge is 0.264 e. The van der Waals surface area contributed by atoms with Crippen molar-refractivity contribution in [1.82, 2.24) is 4.98 Å². The number of carbonyl (C=O) groups is 1. The van der Waals surface area contributed by atoms with E-state index in [0.717, 1.165) is 11.3 Å². The lowest BCUT2D eigenvalue weighted by Crippen LogP contribution is -2.39. The van der Waals surface area contributed by atoms with E-state index in [1.54, 1.807) is 24.9 Å². The van der Waals surface area contributed by atoms with Crippen molar-refractivity contribution in [3.63, 3.8) is 0 Å². The van der Waals surface area contributed by atoms with Crippen molar-refractivity contribution in [2.45, 2.75) is 5.54 Å². The molecular formula is C22H21N5O2S. The number of amides is 1. The number of aliphatic imine (C=N–C) groups is 2. The van der Waals surface area contributed by atoms with Crippen LogP contribution < -0.4 is 15.0 Å². The number of hydrogen-bond acceptors (Lipinski definition) is 7. The summed E-state index contributed by atoms with van der Waals surface area (Å²) in [5, 5.41) is 5.18. The number of anilines is 2. The van der Waals surface area contributed by atoms with E-state index in [0.29, 0.717) is 22.3 Å². The number of ether oxygens (including phenoxy) is 1. The highest BCUT2D eigenvalue weighted by atomic mass is 32.1. The number of rotatable bonds is 6. The zero-order chi connectivity index (χ0) is 21.1. The molecule has 152 valence electrons. The van der Waals surface area contributed by atoms with Crippen molar-refractivity contribution in [1.29, 1.82) is 0 Å². The molecule has 1 N–H and O–H groups in total. The third-order valence-corrected chi connectivity index (χ3v) is 5.49. The van der Waals surface area contributed by atoms with Crippen LogP contribution in [0.3, 0.4) is 0 Å². The Labute approximate surface area is 178 Å². The number of aromatic nitrogens is 1. The van der Waals surface area contributed by atoms with Crippen LogP contribution in [-0.4, -0.2) is 44.1 Å². The molecule has 1 unspecified atom stereocenters. The molecule has 0 saturated carbocycles. The van der Waals surface area contributed by atoms with Gasteiger partial charge in [-0.3, -0.25) is 10.1 Å². The average Bonchev–Trinajstić information content (AvgIpc) is 3.45. The van der Waals surface area contributed by atoms with Crippen LogP contribution in [0.25, 0.3) is 0 Å². The van der Waals surface area contributed by atoms with Crippen molar-refractivity contribution >= 4 is 40.1 Å². The largest absolute Gasteiger partial charge is 0.497 e. The highest BCUT2D eigenvalue weighted by molar-refractivity contribution is 7.13. The molecule has 2 aromatic carbocycles. The maximum atomic E-state index is 13.4. The number of amidine groups is 1. The van der Waals surface area contributed by atoms with Crippen molar-refractivity contribution in [2.75, 3.05) is 31.4 Å². The second-order valence-corrected chi connectivity index (χ2v) is 7.82. The first kappa shape index (κ1) is 19.8. The van der Waals surface area contributed by atoms with Crippen LogP contribution in [-0.2, 0) is 10.3 Å². The summed E-state index contributed by atoms with van der Waals surface area (Å²) < 4.78 is 5.25. The van der Waals surface area contributed by atoms with Crippen LogP contribution in [0.5, 0.6) is 5.75 Å². The second kappa shape index (κ2) is 8.08. The van der Waals surface area contributed by atoms with E-state index < -0.39 is 5.54 Å². The van der Waals surface area contributed by atoms with E-state index in [1.807, 2.05) is 67.5 Å². The lowest BCUT2D eigenvalue weighted by molar-refractivity contribution is -0.119. The van der Waals surface area contributed by atoms with E-state index in [4.69, 9.17) is 9.73 Å². The predicted molar refractivity (Wildman–Crippen MR) is 121 cm³/mol. The van der Waals surface area contributed by atoms with Gasteiger partial charge >= 0.3 is 0 Å². The van der Waals surface area contributed by atoms with E-state index in [-0.39, 0.29) is 5.91 Å². The number of thiazole rings is 1. The standard InChI is InChI=1S/C22H21N5O2S/c1-27(2)17-6-4-5-15(13-17)19-24-14-22(26-19,16-7-9-18(29-3)10-8-16)20(28)25-21-23-11-12-30-21/h4-14H,1-3H3,(H,23,25,28). The summed E-state index contributed by atoms with van der Waals surface area (Å²) >= 11 is 1.35. The fourth-order valence-electron chi connectivity index (χ4n) is 3.14. The van der Waals surface area contributed by atoms with Gasteiger partial charge in [-0.15, -0.1) is 11.3 Å². The predicted octanol–water partition coefficient (Wildman–Crippen LogP) is 3.58. The van der Waals surface area contributed by atoms with Gasteiger partial charge in [-0.2, -0.15) is 0 Å². The van der Waals surface area contributed by atoms with Crippen LogP contribution in [0.15, 0.2) is 70.1 Å². The van der Waals surface area contributed by atoms with E-state index in [1.165, 1.54) is 11.3 Å². The molecular weight excluding hydrogens is 398 g/mol. The van der Waals surface area contributed by atoms with Gasteiger partial charge < -0.3 is 9.64 Å². The molecule has 30 heavy (non-hydrogen) atoms. The lowest BCUT2D eigenvalue weighted by atomic mass is 9.91. The summed E-state index contributed by atoms with van der Waals surface area (Å²) in [7, 11) is 5.55. The fraction of sp³-hybridized carbons (Fsp3) is 0.182. The van der Waals surface area contributed by atoms with Gasteiger partial charge in [0.2, 0.25) is 5.54 Å². The van der Waals surface area contributed by atoms with E-state index in [2.05, 4.69) is 15.3 Å². The monoisotopic (exact) mass is 419 g/mol. The molecule has 0 aliphatic carbocycles. The minimum absolute atomic E-state index is 0.315. The Kier molecular flexibility index (Phi) is 5.33. The van der Waals surface area contributed by atoms with Gasteiger partial charge in [-0.25, -0.2) is 15.0 Å². The van der Waals surface area contributed by atoms with Crippen LogP contribution >= 0.6 is 11.3 Å². The fourth-order valence-corrected chi connectivity index (χ4v) is 3.67. The summed E-state index contributed by atoms with van der Waals surface area (Å²) in [4.78, 5) is 28.8. The third-order valence-electron chi connectivity index (χ3n) is 4.81. The number of nitrogens with one attached hydrogen (secondary N) is 1. The molecule has 8 heteroatoms. The molecule has 3 aromatic rings. The Balaban J connectivity index is 1.77. The summed E-state index contributed by atoms with van der Waals surface area (Å²) in [5.74, 6) is 0.890. The molecule has 7 nitrogen and oxygen atoms in total. The van der Waals surface area contributed by atoms with Crippen LogP contribution in [0.1, 0.15) is 11.1 Å². The van der Waals surface area contributed by atoms with Gasteiger partial charge in [0.15, 0.2) is 11.0 Å². The molecule has 1 amide bonds. The number of hydrogen-bond donors (Lipinski definition) is 1. The first-order valence-corrected chi connectivity index (χ1v) is 10.2.